The van der Waals surface area contributed by atoms with Gasteiger partial charge in [0, 0.05) is 11.6 Å². The monoisotopic (exact) mass is 311 g/mol. The fourth-order valence-corrected chi connectivity index (χ4v) is 2.14. The van der Waals surface area contributed by atoms with Crippen LogP contribution in [-0.2, 0) is 5.88 Å². The second kappa shape index (κ2) is 6.11. The Labute approximate surface area is 126 Å². The van der Waals surface area contributed by atoms with Crippen molar-refractivity contribution in [3.8, 4) is 11.5 Å². The Morgan fingerprint density at radius 2 is 2.05 bits per heavy atom. The summed E-state index contributed by atoms with van der Waals surface area (Å²) < 4.78 is 5.73. The number of halogens is 2. The minimum absolute atomic E-state index is 0.0370. The van der Waals surface area contributed by atoms with Gasteiger partial charge in [-0.15, -0.1) is 11.6 Å². The van der Waals surface area contributed by atoms with Gasteiger partial charge >= 0.3 is 0 Å². The number of ether oxygens (including phenoxy) is 1. The highest BCUT2D eigenvalue weighted by Gasteiger charge is 2.14. The number of hydrogen-bond acceptors (Lipinski definition) is 3. The van der Waals surface area contributed by atoms with E-state index in [1.54, 1.807) is 31.2 Å². The molecule has 104 valence electrons. The van der Waals surface area contributed by atoms with Crippen molar-refractivity contribution >= 4 is 28.9 Å². The molecule has 0 radical (unpaired) electrons. The van der Waals surface area contributed by atoms with E-state index in [0.29, 0.717) is 16.5 Å². The second-order valence-corrected chi connectivity index (χ2v) is 4.85. The number of non-ortho nitro benzene ring substituents is 1. The quantitative estimate of drug-likeness (QED) is 0.449. The molecule has 0 spiro atoms. The minimum atomic E-state index is -0.471. The molecule has 0 saturated heterocycles. The van der Waals surface area contributed by atoms with E-state index in [2.05, 4.69) is 0 Å². The molecule has 0 saturated carbocycles. The minimum Gasteiger partial charge on any atom is -0.455 e. The lowest BCUT2D eigenvalue weighted by atomic mass is 10.2. The summed E-state index contributed by atoms with van der Waals surface area (Å²) in [5.41, 5.74) is 1.46. The molecule has 0 aromatic heterocycles. The predicted octanol–water partition coefficient (Wildman–Crippen LogP) is 5.09. The van der Waals surface area contributed by atoms with Crippen LogP contribution in [0.15, 0.2) is 36.4 Å². The van der Waals surface area contributed by atoms with Crippen molar-refractivity contribution < 1.29 is 9.66 Å². The fraction of sp³-hybridized carbons (Fsp3) is 0.143. The summed E-state index contributed by atoms with van der Waals surface area (Å²) in [5.74, 6) is 1.05. The normalized spacial score (nSPS) is 10.3. The molecule has 2 aromatic carbocycles. The molecule has 2 aromatic rings. The molecule has 6 heteroatoms. The Balaban J connectivity index is 2.44. The maximum absolute atomic E-state index is 10.8. The average molecular weight is 312 g/mol. The number of aryl methyl sites for hydroxylation is 1. The number of nitrogens with zero attached hydrogens (tertiary/aromatic N) is 1. The highest BCUT2D eigenvalue weighted by molar-refractivity contribution is 6.32. The van der Waals surface area contributed by atoms with Gasteiger partial charge in [-0.3, -0.25) is 10.1 Å². The van der Waals surface area contributed by atoms with Crippen molar-refractivity contribution in [1.29, 1.82) is 0 Å². The Bertz CT molecular complexity index is 659. The number of alkyl halides is 1. The van der Waals surface area contributed by atoms with Gasteiger partial charge in [-0.25, -0.2) is 0 Å². The van der Waals surface area contributed by atoms with Gasteiger partial charge in [-0.2, -0.15) is 0 Å². The first-order chi connectivity index (χ1) is 9.52. The maximum atomic E-state index is 10.8. The van der Waals surface area contributed by atoms with Crippen LogP contribution >= 0.6 is 23.2 Å². The van der Waals surface area contributed by atoms with E-state index < -0.39 is 4.92 Å². The van der Waals surface area contributed by atoms with Crippen LogP contribution in [0, 0.1) is 17.0 Å². The van der Waals surface area contributed by atoms with Crippen LogP contribution in [0.1, 0.15) is 11.1 Å². The highest BCUT2D eigenvalue weighted by Crippen LogP contribution is 2.36. The van der Waals surface area contributed by atoms with Crippen molar-refractivity contribution in [2.24, 2.45) is 0 Å². The highest BCUT2D eigenvalue weighted by atomic mass is 35.5. The van der Waals surface area contributed by atoms with Gasteiger partial charge in [0.2, 0.25) is 0 Å². The van der Waals surface area contributed by atoms with Crippen molar-refractivity contribution in [3.05, 3.63) is 62.7 Å². The SMILES string of the molecule is Cc1ccc([N+](=O)[O-])cc1Oc1c(Cl)cccc1CCl. The third-order valence-electron chi connectivity index (χ3n) is 2.79. The van der Waals surface area contributed by atoms with Gasteiger partial charge in [0.15, 0.2) is 0 Å². The summed E-state index contributed by atoms with van der Waals surface area (Å²) in [6.45, 7) is 1.80. The van der Waals surface area contributed by atoms with Crippen molar-refractivity contribution in [3.63, 3.8) is 0 Å². The molecule has 2 rings (SSSR count). The molecular weight excluding hydrogens is 301 g/mol. The number of hydrogen-bond donors (Lipinski definition) is 0. The Morgan fingerprint density at radius 1 is 1.30 bits per heavy atom. The lowest BCUT2D eigenvalue weighted by Crippen LogP contribution is -1.95. The van der Waals surface area contributed by atoms with Crippen LogP contribution in [0.4, 0.5) is 5.69 Å². The molecule has 0 unspecified atom stereocenters. The molecule has 0 amide bonds. The Kier molecular flexibility index (Phi) is 4.47. The van der Waals surface area contributed by atoms with Crippen LogP contribution < -0.4 is 4.74 Å². The van der Waals surface area contributed by atoms with Crippen molar-refractivity contribution in [1.82, 2.24) is 0 Å². The van der Waals surface area contributed by atoms with Crippen molar-refractivity contribution in [2.45, 2.75) is 12.8 Å². The number of rotatable bonds is 4. The molecule has 0 atom stereocenters. The first-order valence-electron chi connectivity index (χ1n) is 5.79. The number of nitro benzene ring substituents is 1. The van der Waals surface area contributed by atoms with E-state index in [9.17, 15) is 10.1 Å². The first-order valence-corrected chi connectivity index (χ1v) is 6.70. The summed E-state index contributed by atoms with van der Waals surface area (Å²) in [5, 5.41) is 11.2. The van der Waals surface area contributed by atoms with E-state index in [-0.39, 0.29) is 11.6 Å². The van der Waals surface area contributed by atoms with E-state index in [1.165, 1.54) is 12.1 Å². The lowest BCUT2D eigenvalue weighted by molar-refractivity contribution is -0.384. The van der Waals surface area contributed by atoms with Crippen LogP contribution in [-0.4, -0.2) is 4.92 Å². The van der Waals surface area contributed by atoms with Gasteiger partial charge in [-0.1, -0.05) is 23.7 Å². The van der Waals surface area contributed by atoms with Crippen LogP contribution in [0.5, 0.6) is 11.5 Å². The standard InChI is InChI=1S/C14H11Cl2NO3/c1-9-5-6-11(17(18)19)7-13(9)20-14-10(8-15)3-2-4-12(14)16/h2-7H,8H2,1H3. The number of nitro groups is 1. The van der Waals surface area contributed by atoms with Crippen LogP contribution in [0.25, 0.3) is 0 Å². The molecule has 0 aliphatic rings. The first kappa shape index (κ1) is 14.6. The van der Waals surface area contributed by atoms with Gasteiger partial charge in [0.25, 0.3) is 5.69 Å². The molecule has 0 N–H and O–H groups in total. The Hall–Kier alpha value is -1.78. The number of benzene rings is 2. The molecule has 0 fully saturated rings. The van der Waals surface area contributed by atoms with Gasteiger partial charge in [-0.05, 0) is 24.6 Å². The van der Waals surface area contributed by atoms with E-state index in [0.717, 1.165) is 11.1 Å². The molecule has 0 heterocycles. The summed E-state index contributed by atoms with van der Waals surface area (Å²) in [6.07, 6.45) is 0. The van der Waals surface area contributed by atoms with Gasteiger partial charge < -0.3 is 4.74 Å². The predicted molar refractivity (Wildman–Crippen MR) is 78.9 cm³/mol. The van der Waals surface area contributed by atoms with E-state index in [1.807, 2.05) is 0 Å². The van der Waals surface area contributed by atoms with Crippen LogP contribution in [0.3, 0.4) is 0 Å². The molecule has 20 heavy (non-hydrogen) atoms. The third-order valence-corrected chi connectivity index (χ3v) is 3.37. The average Bonchev–Trinajstić information content (AvgIpc) is 2.42. The summed E-state index contributed by atoms with van der Waals surface area (Å²) >= 11 is 11.9. The van der Waals surface area contributed by atoms with Gasteiger partial charge in [0.1, 0.15) is 11.5 Å². The summed E-state index contributed by atoms with van der Waals surface area (Å²) in [6, 6.07) is 9.67. The Morgan fingerprint density at radius 3 is 2.70 bits per heavy atom. The zero-order valence-electron chi connectivity index (χ0n) is 10.6. The molecular formula is C14H11Cl2NO3. The maximum Gasteiger partial charge on any atom is 0.273 e. The van der Waals surface area contributed by atoms with Crippen molar-refractivity contribution in [2.75, 3.05) is 0 Å². The lowest BCUT2D eigenvalue weighted by Gasteiger charge is -2.13. The molecule has 0 aliphatic heterocycles. The zero-order valence-corrected chi connectivity index (χ0v) is 12.1. The van der Waals surface area contributed by atoms with E-state index in [4.69, 9.17) is 27.9 Å². The fourth-order valence-electron chi connectivity index (χ4n) is 1.70. The zero-order chi connectivity index (χ0) is 14.7. The topological polar surface area (TPSA) is 52.4 Å². The molecule has 0 aliphatic carbocycles. The molecule has 0 bridgehead atoms. The van der Waals surface area contributed by atoms with E-state index >= 15 is 0 Å². The summed E-state index contributed by atoms with van der Waals surface area (Å²) in [4.78, 5) is 10.3. The third kappa shape index (κ3) is 3.03. The second-order valence-electron chi connectivity index (χ2n) is 4.17. The molecule has 4 nitrogen and oxygen atoms in total. The number of para-hydroxylation sites is 1. The van der Waals surface area contributed by atoms with Crippen LogP contribution in [0.2, 0.25) is 5.02 Å². The smallest absolute Gasteiger partial charge is 0.273 e. The van der Waals surface area contributed by atoms with Gasteiger partial charge in [0.05, 0.1) is 21.9 Å². The largest absolute Gasteiger partial charge is 0.455 e. The summed E-state index contributed by atoms with van der Waals surface area (Å²) in [7, 11) is 0.